The van der Waals surface area contributed by atoms with Gasteiger partial charge in [-0.3, -0.25) is 0 Å². The van der Waals surface area contributed by atoms with Crippen LogP contribution in [0.2, 0.25) is 0 Å². The van der Waals surface area contributed by atoms with Crippen molar-refractivity contribution in [2.75, 3.05) is 0 Å². The number of unbranched alkanes of at least 4 members (excludes halogenated alkanes) is 1. The Morgan fingerprint density at radius 3 is 1.89 bits per heavy atom. The molecule has 0 aromatic heterocycles. The zero-order valence-electron chi connectivity index (χ0n) is 13.3. The first-order chi connectivity index (χ1) is 8.08. The van der Waals surface area contributed by atoms with E-state index in [4.69, 9.17) is 0 Å². The highest BCUT2D eigenvalue weighted by molar-refractivity contribution is 4.75. The van der Waals surface area contributed by atoms with Crippen LogP contribution in [-0.2, 0) is 0 Å². The zero-order valence-corrected chi connectivity index (χ0v) is 13.3. The number of hydrogen-bond donors (Lipinski definition) is 2. The van der Waals surface area contributed by atoms with Crippen molar-refractivity contribution in [3.63, 3.8) is 0 Å². The first-order valence-electron chi connectivity index (χ1n) is 7.44. The average Bonchev–Trinajstić information content (AvgIpc) is 2.20. The Hall–Kier alpha value is -0.0800. The van der Waals surface area contributed by atoms with Gasteiger partial charge in [-0.1, -0.05) is 67.2 Å². The standard InChI is InChI=1S/C16H34O2/c1-7-13(12-16(5,6)14(17)18)10-8-9-11-15(2,3)4/h13-14,17-18H,7-12H2,1-6H3. The molecule has 0 fully saturated rings. The van der Waals surface area contributed by atoms with Crippen molar-refractivity contribution in [1.29, 1.82) is 0 Å². The molecule has 1 unspecified atom stereocenters. The third kappa shape index (κ3) is 8.10. The minimum atomic E-state index is -1.21. The van der Waals surface area contributed by atoms with E-state index in [2.05, 4.69) is 27.7 Å². The van der Waals surface area contributed by atoms with Gasteiger partial charge in [0, 0.05) is 5.41 Å². The summed E-state index contributed by atoms with van der Waals surface area (Å²) < 4.78 is 0. The van der Waals surface area contributed by atoms with Crippen molar-refractivity contribution < 1.29 is 10.2 Å². The molecule has 0 aliphatic carbocycles. The van der Waals surface area contributed by atoms with Crippen LogP contribution in [0.15, 0.2) is 0 Å². The van der Waals surface area contributed by atoms with Gasteiger partial charge >= 0.3 is 0 Å². The molecule has 2 N–H and O–H groups in total. The molecule has 0 amide bonds. The highest BCUT2D eigenvalue weighted by Crippen LogP contribution is 2.33. The molecule has 0 radical (unpaired) electrons. The SMILES string of the molecule is CCC(CCCCC(C)(C)C)CC(C)(C)C(O)O. The van der Waals surface area contributed by atoms with Crippen LogP contribution in [0.1, 0.15) is 80.1 Å². The molecule has 0 saturated heterocycles. The van der Waals surface area contributed by atoms with Gasteiger partial charge in [0.25, 0.3) is 0 Å². The minimum absolute atomic E-state index is 0.384. The van der Waals surface area contributed by atoms with Crippen molar-refractivity contribution in [1.82, 2.24) is 0 Å². The van der Waals surface area contributed by atoms with Gasteiger partial charge in [0.05, 0.1) is 0 Å². The van der Waals surface area contributed by atoms with Crippen LogP contribution < -0.4 is 0 Å². The van der Waals surface area contributed by atoms with Gasteiger partial charge in [-0.15, -0.1) is 0 Å². The Kier molecular flexibility index (Phi) is 7.46. The summed E-state index contributed by atoms with van der Waals surface area (Å²) in [6, 6.07) is 0. The molecule has 0 bridgehead atoms. The summed E-state index contributed by atoms with van der Waals surface area (Å²) in [4.78, 5) is 0. The first-order valence-corrected chi connectivity index (χ1v) is 7.44. The summed E-state index contributed by atoms with van der Waals surface area (Å²) >= 11 is 0. The summed E-state index contributed by atoms with van der Waals surface area (Å²) in [6.07, 6.45) is 5.84. The van der Waals surface area contributed by atoms with Crippen LogP contribution in [0.3, 0.4) is 0 Å². The van der Waals surface area contributed by atoms with Crippen LogP contribution >= 0.6 is 0 Å². The largest absolute Gasteiger partial charge is 0.368 e. The maximum atomic E-state index is 9.36. The van der Waals surface area contributed by atoms with Crippen LogP contribution in [0, 0.1) is 16.7 Å². The lowest BCUT2D eigenvalue weighted by Gasteiger charge is -2.31. The van der Waals surface area contributed by atoms with E-state index >= 15 is 0 Å². The molecule has 0 spiro atoms. The predicted molar refractivity (Wildman–Crippen MR) is 78.3 cm³/mol. The molecular formula is C16H34O2. The molecule has 0 aliphatic heterocycles. The summed E-state index contributed by atoms with van der Waals surface area (Å²) in [6.45, 7) is 12.9. The van der Waals surface area contributed by atoms with E-state index in [0.717, 1.165) is 12.8 Å². The summed E-state index contributed by atoms with van der Waals surface area (Å²) in [5, 5.41) is 18.7. The van der Waals surface area contributed by atoms with Crippen molar-refractivity contribution in [2.24, 2.45) is 16.7 Å². The van der Waals surface area contributed by atoms with Crippen molar-refractivity contribution >= 4 is 0 Å². The third-order valence-corrected chi connectivity index (χ3v) is 3.88. The predicted octanol–water partition coefficient (Wildman–Crippen LogP) is 4.35. The quantitative estimate of drug-likeness (QED) is 0.502. The Balaban J connectivity index is 3.99. The zero-order chi connectivity index (χ0) is 14.4. The maximum Gasteiger partial charge on any atom is 0.156 e. The maximum absolute atomic E-state index is 9.36. The van der Waals surface area contributed by atoms with Gasteiger partial charge in [0.2, 0.25) is 0 Å². The lowest BCUT2D eigenvalue weighted by atomic mass is 9.79. The molecule has 0 saturated carbocycles. The van der Waals surface area contributed by atoms with Gasteiger partial charge in [-0.25, -0.2) is 0 Å². The summed E-state index contributed by atoms with van der Waals surface area (Å²) in [7, 11) is 0. The molecule has 0 aromatic rings. The molecule has 0 rings (SSSR count). The monoisotopic (exact) mass is 258 g/mol. The van der Waals surface area contributed by atoms with Gasteiger partial charge in [0.1, 0.15) is 0 Å². The van der Waals surface area contributed by atoms with Gasteiger partial charge in [-0.05, 0) is 24.2 Å². The molecule has 18 heavy (non-hydrogen) atoms. The molecule has 2 heteroatoms. The second-order valence-corrected chi connectivity index (χ2v) is 7.65. The summed E-state index contributed by atoms with van der Waals surface area (Å²) in [5.41, 5.74) is 0.0486. The number of rotatable bonds is 8. The molecule has 1 atom stereocenters. The molecule has 0 heterocycles. The summed E-state index contributed by atoms with van der Waals surface area (Å²) in [5.74, 6) is 0.613. The molecule has 110 valence electrons. The van der Waals surface area contributed by atoms with Crippen LogP contribution in [0.25, 0.3) is 0 Å². The Morgan fingerprint density at radius 1 is 0.944 bits per heavy atom. The van der Waals surface area contributed by atoms with E-state index in [9.17, 15) is 10.2 Å². The van der Waals surface area contributed by atoms with Crippen LogP contribution in [-0.4, -0.2) is 16.5 Å². The van der Waals surface area contributed by atoms with Crippen LogP contribution in [0.4, 0.5) is 0 Å². The lowest BCUT2D eigenvalue weighted by molar-refractivity contribution is -0.129. The highest BCUT2D eigenvalue weighted by atomic mass is 16.5. The second kappa shape index (κ2) is 7.49. The molecular weight excluding hydrogens is 224 g/mol. The average molecular weight is 258 g/mol. The van der Waals surface area contributed by atoms with Gasteiger partial charge in [-0.2, -0.15) is 0 Å². The highest BCUT2D eigenvalue weighted by Gasteiger charge is 2.28. The molecule has 2 nitrogen and oxygen atoms in total. The van der Waals surface area contributed by atoms with E-state index in [1.807, 2.05) is 13.8 Å². The first kappa shape index (κ1) is 17.9. The number of hydrogen-bond acceptors (Lipinski definition) is 2. The van der Waals surface area contributed by atoms with E-state index in [1.165, 1.54) is 25.7 Å². The van der Waals surface area contributed by atoms with E-state index < -0.39 is 6.29 Å². The topological polar surface area (TPSA) is 40.5 Å². The van der Waals surface area contributed by atoms with Crippen LogP contribution in [0.5, 0.6) is 0 Å². The van der Waals surface area contributed by atoms with Crippen molar-refractivity contribution in [3.8, 4) is 0 Å². The fraction of sp³-hybridized carbons (Fsp3) is 1.00. The second-order valence-electron chi connectivity index (χ2n) is 7.65. The lowest BCUT2D eigenvalue weighted by Crippen LogP contribution is -2.31. The smallest absolute Gasteiger partial charge is 0.156 e. The fourth-order valence-corrected chi connectivity index (χ4v) is 2.39. The Labute approximate surface area is 114 Å². The molecule has 0 aliphatic rings. The van der Waals surface area contributed by atoms with E-state index in [0.29, 0.717) is 11.3 Å². The molecule has 0 aromatic carbocycles. The van der Waals surface area contributed by atoms with Gasteiger partial charge in [0.15, 0.2) is 6.29 Å². The van der Waals surface area contributed by atoms with E-state index in [1.54, 1.807) is 0 Å². The number of aliphatic hydroxyl groups excluding tert-OH is 1. The Bertz CT molecular complexity index is 214. The van der Waals surface area contributed by atoms with Crippen molar-refractivity contribution in [2.45, 2.75) is 86.4 Å². The third-order valence-electron chi connectivity index (χ3n) is 3.88. The van der Waals surface area contributed by atoms with Gasteiger partial charge < -0.3 is 10.2 Å². The normalized spacial score (nSPS) is 15.2. The fourth-order valence-electron chi connectivity index (χ4n) is 2.39. The van der Waals surface area contributed by atoms with E-state index in [-0.39, 0.29) is 5.41 Å². The Morgan fingerprint density at radius 2 is 1.50 bits per heavy atom. The number of aliphatic hydroxyl groups is 2. The minimum Gasteiger partial charge on any atom is -0.368 e. The van der Waals surface area contributed by atoms with Crippen molar-refractivity contribution in [3.05, 3.63) is 0 Å².